The van der Waals surface area contributed by atoms with Gasteiger partial charge >= 0.3 is 0 Å². The van der Waals surface area contributed by atoms with Gasteiger partial charge in [0.15, 0.2) is 0 Å². The van der Waals surface area contributed by atoms with Crippen molar-refractivity contribution in [2.45, 2.75) is 12.5 Å². The van der Waals surface area contributed by atoms with Crippen LogP contribution in [-0.4, -0.2) is 11.7 Å². The van der Waals surface area contributed by atoms with Gasteiger partial charge in [0.2, 0.25) is 0 Å². The summed E-state index contributed by atoms with van der Waals surface area (Å²) in [6.07, 6.45) is 2.00. The Morgan fingerprint density at radius 2 is 2.31 bits per heavy atom. The van der Waals surface area contributed by atoms with Crippen molar-refractivity contribution in [3.05, 3.63) is 28.5 Å². The molecule has 0 radical (unpaired) electrons. The molecule has 74 valence electrons. The van der Waals surface area contributed by atoms with Crippen LogP contribution in [0.1, 0.15) is 18.0 Å². The lowest BCUT2D eigenvalue weighted by Crippen LogP contribution is -2.11. The second-order valence-electron chi connectivity index (χ2n) is 2.47. The topological polar surface area (TPSA) is 38.9 Å². The van der Waals surface area contributed by atoms with E-state index >= 15 is 0 Å². The second-order valence-corrected chi connectivity index (χ2v) is 3.22. The fraction of sp³-hybridized carbons (Fsp3) is 0.375. The second kappa shape index (κ2) is 6.29. The summed E-state index contributed by atoms with van der Waals surface area (Å²) in [5.74, 6) is 0. The van der Waals surface area contributed by atoms with Crippen LogP contribution in [0.2, 0.25) is 0 Å². The van der Waals surface area contributed by atoms with Gasteiger partial charge in [-0.15, -0.1) is 12.4 Å². The Morgan fingerprint density at radius 1 is 1.62 bits per heavy atom. The zero-order valence-electron chi connectivity index (χ0n) is 6.91. The summed E-state index contributed by atoms with van der Waals surface area (Å²) >= 11 is 3.25. The molecule has 1 aromatic rings. The van der Waals surface area contributed by atoms with E-state index in [0.717, 1.165) is 5.56 Å². The van der Waals surface area contributed by atoms with E-state index in [1.807, 2.05) is 6.07 Å². The van der Waals surface area contributed by atoms with E-state index < -0.39 is 6.67 Å². The Labute approximate surface area is 91.3 Å². The molecule has 1 heterocycles. The Kier molecular flexibility index (Phi) is 6.20. The molecule has 0 aliphatic heterocycles. The van der Waals surface area contributed by atoms with Gasteiger partial charge in [0.25, 0.3) is 0 Å². The Bertz CT molecular complexity index is 260. The standard InChI is InChI=1S/C8H10BrFN2.ClH/c9-8-6(2-1-5-12-8)7(11)3-4-10;/h1-2,5,7H,3-4,11H2;1H/t7-;/m1./s1. The van der Waals surface area contributed by atoms with Crippen LogP contribution in [0.5, 0.6) is 0 Å². The average Bonchev–Trinajstić information content (AvgIpc) is 2.05. The molecule has 0 saturated heterocycles. The molecule has 5 heteroatoms. The molecule has 2 nitrogen and oxygen atoms in total. The van der Waals surface area contributed by atoms with Crippen molar-refractivity contribution in [1.29, 1.82) is 0 Å². The van der Waals surface area contributed by atoms with Gasteiger partial charge in [0, 0.05) is 17.8 Å². The average molecular weight is 270 g/mol. The van der Waals surface area contributed by atoms with Crippen molar-refractivity contribution in [3.63, 3.8) is 0 Å². The van der Waals surface area contributed by atoms with Gasteiger partial charge in [-0.2, -0.15) is 0 Å². The number of alkyl halides is 1. The number of nitrogens with two attached hydrogens (primary N) is 1. The third-order valence-electron chi connectivity index (χ3n) is 1.61. The summed E-state index contributed by atoms with van der Waals surface area (Å²) in [5.41, 5.74) is 6.55. The van der Waals surface area contributed by atoms with Crippen LogP contribution < -0.4 is 5.73 Å². The van der Waals surface area contributed by atoms with Crippen molar-refractivity contribution >= 4 is 28.3 Å². The maximum Gasteiger partial charge on any atom is 0.110 e. The highest BCUT2D eigenvalue weighted by molar-refractivity contribution is 9.10. The Hall–Kier alpha value is -0.190. The maximum atomic E-state index is 11.9. The number of halogens is 3. The normalized spacial score (nSPS) is 11.9. The largest absolute Gasteiger partial charge is 0.324 e. The molecule has 1 aromatic heterocycles. The predicted octanol–water partition coefficient (Wildman–Crippen LogP) is 2.63. The summed E-state index contributed by atoms with van der Waals surface area (Å²) < 4.78 is 12.6. The fourth-order valence-electron chi connectivity index (χ4n) is 0.948. The van der Waals surface area contributed by atoms with Crippen LogP contribution in [0.4, 0.5) is 4.39 Å². The van der Waals surface area contributed by atoms with Crippen molar-refractivity contribution < 1.29 is 4.39 Å². The highest BCUT2D eigenvalue weighted by Crippen LogP contribution is 2.21. The first-order chi connectivity index (χ1) is 5.75. The molecule has 0 bridgehead atoms. The minimum atomic E-state index is -0.400. The van der Waals surface area contributed by atoms with Gasteiger partial charge in [-0.3, -0.25) is 4.39 Å². The number of pyridine rings is 1. The van der Waals surface area contributed by atoms with Crippen LogP contribution in [0.25, 0.3) is 0 Å². The molecule has 0 saturated carbocycles. The number of rotatable bonds is 3. The van der Waals surface area contributed by atoms with E-state index in [4.69, 9.17) is 5.73 Å². The van der Waals surface area contributed by atoms with Crippen molar-refractivity contribution in [2.75, 3.05) is 6.67 Å². The van der Waals surface area contributed by atoms with Gasteiger partial charge < -0.3 is 5.73 Å². The van der Waals surface area contributed by atoms with E-state index in [-0.39, 0.29) is 18.4 Å². The van der Waals surface area contributed by atoms with Gasteiger partial charge in [-0.1, -0.05) is 6.07 Å². The maximum absolute atomic E-state index is 11.9. The van der Waals surface area contributed by atoms with Gasteiger partial charge in [-0.25, -0.2) is 4.98 Å². The van der Waals surface area contributed by atoms with E-state index in [1.54, 1.807) is 12.3 Å². The smallest absolute Gasteiger partial charge is 0.110 e. The van der Waals surface area contributed by atoms with E-state index in [9.17, 15) is 4.39 Å². The third-order valence-corrected chi connectivity index (χ3v) is 2.27. The molecule has 0 amide bonds. The van der Waals surface area contributed by atoms with Crippen LogP contribution in [0.3, 0.4) is 0 Å². The SMILES string of the molecule is Cl.N[C@H](CCF)c1cccnc1Br. The van der Waals surface area contributed by atoms with Crippen LogP contribution in [-0.2, 0) is 0 Å². The summed E-state index contributed by atoms with van der Waals surface area (Å²) in [4.78, 5) is 4.00. The molecule has 1 rings (SSSR count). The monoisotopic (exact) mass is 268 g/mol. The quantitative estimate of drug-likeness (QED) is 0.857. The van der Waals surface area contributed by atoms with Crippen molar-refractivity contribution in [2.24, 2.45) is 5.73 Å². The first-order valence-electron chi connectivity index (χ1n) is 3.67. The zero-order chi connectivity index (χ0) is 8.97. The first-order valence-corrected chi connectivity index (χ1v) is 4.47. The summed E-state index contributed by atoms with van der Waals surface area (Å²) in [7, 11) is 0. The molecule has 13 heavy (non-hydrogen) atoms. The highest BCUT2D eigenvalue weighted by Gasteiger charge is 2.08. The van der Waals surface area contributed by atoms with Crippen LogP contribution >= 0.6 is 28.3 Å². The highest BCUT2D eigenvalue weighted by atomic mass is 79.9. The minimum Gasteiger partial charge on any atom is -0.324 e. The molecule has 0 spiro atoms. The molecule has 0 aromatic carbocycles. The van der Waals surface area contributed by atoms with E-state index in [0.29, 0.717) is 11.0 Å². The molecular weight excluding hydrogens is 258 g/mol. The Morgan fingerprint density at radius 3 is 2.85 bits per heavy atom. The van der Waals surface area contributed by atoms with Crippen molar-refractivity contribution in [3.8, 4) is 0 Å². The zero-order valence-corrected chi connectivity index (χ0v) is 9.31. The molecule has 0 unspecified atom stereocenters. The lowest BCUT2D eigenvalue weighted by atomic mass is 10.1. The summed E-state index contributed by atoms with van der Waals surface area (Å²) in [5, 5.41) is 0. The fourth-order valence-corrected chi connectivity index (χ4v) is 1.49. The molecule has 0 fully saturated rings. The van der Waals surface area contributed by atoms with Gasteiger partial charge in [-0.05, 0) is 28.4 Å². The summed E-state index contributed by atoms with van der Waals surface area (Å²) in [6, 6.07) is 3.37. The summed E-state index contributed by atoms with van der Waals surface area (Å²) in [6.45, 7) is -0.400. The van der Waals surface area contributed by atoms with Gasteiger partial charge in [0.1, 0.15) is 4.60 Å². The third kappa shape index (κ3) is 3.58. The van der Waals surface area contributed by atoms with Crippen LogP contribution in [0.15, 0.2) is 22.9 Å². The molecule has 2 N–H and O–H groups in total. The number of hydrogen-bond acceptors (Lipinski definition) is 2. The first kappa shape index (κ1) is 12.8. The predicted molar refractivity (Wildman–Crippen MR) is 56.7 cm³/mol. The molecule has 1 atom stereocenters. The number of nitrogens with zero attached hydrogens (tertiary/aromatic N) is 1. The lowest BCUT2D eigenvalue weighted by molar-refractivity contribution is 0.441. The minimum absolute atomic E-state index is 0. The molecule has 0 aliphatic carbocycles. The van der Waals surface area contributed by atoms with E-state index in [2.05, 4.69) is 20.9 Å². The van der Waals surface area contributed by atoms with Crippen molar-refractivity contribution in [1.82, 2.24) is 4.98 Å². The lowest BCUT2D eigenvalue weighted by Gasteiger charge is -2.10. The molecule has 0 aliphatic rings. The van der Waals surface area contributed by atoms with Crippen LogP contribution in [0, 0.1) is 0 Å². The molecular formula is C8H11BrClFN2. The Balaban J connectivity index is 0.00000144. The number of hydrogen-bond donors (Lipinski definition) is 1. The van der Waals surface area contributed by atoms with Gasteiger partial charge in [0.05, 0.1) is 6.67 Å². The van der Waals surface area contributed by atoms with E-state index in [1.165, 1.54) is 0 Å². The number of aromatic nitrogens is 1.